The van der Waals surface area contributed by atoms with Gasteiger partial charge in [0, 0.05) is 12.4 Å². The molecule has 3 aromatic rings. The summed E-state index contributed by atoms with van der Waals surface area (Å²) < 4.78 is 0. The van der Waals surface area contributed by atoms with Gasteiger partial charge in [-0.3, -0.25) is 4.79 Å². The summed E-state index contributed by atoms with van der Waals surface area (Å²) in [4.78, 5) is 14.9. The molecule has 4 rings (SSSR count). The van der Waals surface area contributed by atoms with Crippen LogP contribution in [-0.4, -0.2) is 13.0 Å². The first kappa shape index (κ1) is 13.1. The second-order valence-electron chi connectivity index (χ2n) is 6.04. The van der Waals surface area contributed by atoms with Gasteiger partial charge in [-0.15, -0.1) is 0 Å². The molecule has 1 aliphatic heterocycles. The molecule has 0 aliphatic carbocycles. The quantitative estimate of drug-likeness (QED) is 0.659. The molecule has 3 aromatic carbocycles. The first-order valence-electron chi connectivity index (χ1n) is 7.50. The molecule has 0 fully saturated rings. The van der Waals surface area contributed by atoms with Crippen LogP contribution in [0.15, 0.2) is 66.7 Å². The maximum Gasteiger partial charge on any atom is 0.241 e. The smallest absolute Gasteiger partial charge is 0.241 e. The lowest BCUT2D eigenvalue weighted by molar-refractivity contribution is -0.121. The summed E-state index contributed by atoms with van der Waals surface area (Å²) in [5.41, 5.74) is 2.55. The van der Waals surface area contributed by atoms with E-state index in [1.54, 1.807) is 0 Å². The van der Waals surface area contributed by atoms with Gasteiger partial charge in [0.05, 0.1) is 11.1 Å². The first-order valence-corrected chi connectivity index (χ1v) is 7.50. The average Bonchev–Trinajstić information content (AvgIpc) is 2.78. The van der Waals surface area contributed by atoms with Crippen LogP contribution in [-0.2, 0) is 10.2 Å². The third-order valence-corrected chi connectivity index (χ3v) is 4.86. The number of hydrogen-bond acceptors (Lipinski definition) is 1. The fourth-order valence-electron chi connectivity index (χ4n) is 3.62. The number of amides is 1. The van der Waals surface area contributed by atoms with Gasteiger partial charge in [-0.25, -0.2) is 0 Å². The Balaban J connectivity index is 2.07. The van der Waals surface area contributed by atoms with Gasteiger partial charge in [0.1, 0.15) is 0 Å². The fourth-order valence-corrected chi connectivity index (χ4v) is 3.62. The van der Waals surface area contributed by atoms with Crippen molar-refractivity contribution >= 4 is 22.4 Å². The Bertz CT molecular complexity index is 885. The maximum absolute atomic E-state index is 13.1. The highest BCUT2D eigenvalue weighted by Gasteiger charge is 2.47. The molecule has 0 N–H and O–H groups in total. The van der Waals surface area contributed by atoms with Gasteiger partial charge in [0.15, 0.2) is 0 Å². The zero-order valence-electron chi connectivity index (χ0n) is 12.7. The molecule has 0 spiro atoms. The minimum Gasteiger partial charge on any atom is -0.313 e. The topological polar surface area (TPSA) is 20.3 Å². The fraction of sp³-hybridized carbons (Fsp3) is 0.150. The van der Waals surface area contributed by atoms with E-state index in [2.05, 4.69) is 24.3 Å². The van der Waals surface area contributed by atoms with Crippen molar-refractivity contribution in [2.24, 2.45) is 0 Å². The number of rotatable bonds is 1. The summed E-state index contributed by atoms with van der Waals surface area (Å²) in [5, 5.41) is 2.30. The molecule has 0 aromatic heterocycles. The summed E-state index contributed by atoms with van der Waals surface area (Å²) in [6, 6.07) is 22.5. The molecule has 0 saturated carbocycles. The Morgan fingerprint density at radius 2 is 1.55 bits per heavy atom. The molecule has 0 bridgehead atoms. The minimum atomic E-state index is -0.616. The highest BCUT2D eigenvalue weighted by atomic mass is 16.2. The predicted octanol–water partition coefficient (Wildman–Crippen LogP) is 4.12. The summed E-state index contributed by atoms with van der Waals surface area (Å²) in [6.07, 6.45) is 0. The molecule has 0 radical (unpaired) electrons. The standard InChI is InChI=1S/C20H17NO/c1-20(15-9-4-3-5-10-15)17-13-12-14-8-6-7-11-16(14)18(17)21(2)19(20)22/h3-13H,1-2H3. The van der Waals surface area contributed by atoms with Crippen LogP contribution in [0.5, 0.6) is 0 Å². The summed E-state index contributed by atoms with van der Waals surface area (Å²) in [5.74, 6) is 0.130. The summed E-state index contributed by atoms with van der Waals surface area (Å²) in [6.45, 7) is 2.03. The lowest BCUT2D eigenvalue weighted by Crippen LogP contribution is -2.36. The van der Waals surface area contributed by atoms with E-state index in [0.29, 0.717) is 0 Å². The molecule has 1 amide bonds. The SMILES string of the molecule is CN1C(=O)C(C)(c2ccccc2)c2ccc3ccccc3c21. The molecule has 108 valence electrons. The molecule has 22 heavy (non-hydrogen) atoms. The van der Waals surface area contributed by atoms with E-state index in [-0.39, 0.29) is 5.91 Å². The zero-order valence-corrected chi connectivity index (χ0v) is 12.7. The maximum atomic E-state index is 13.1. The van der Waals surface area contributed by atoms with Crippen LogP contribution in [0, 0.1) is 0 Å². The molecule has 0 saturated heterocycles. The van der Waals surface area contributed by atoms with E-state index < -0.39 is 5.41 Å². The molecule has 1 atom stereocenters. The zero-order chi connectivity index (χ0) is 15.3. The van der Waals surface area contributed by atoms with Crippen LogP contribution in [0.4, 0.5) is 5.69 Å². The first-order chi connectivity index (χ1) is 10.6. The molecule has 2 nitrogen and oxygen atoms in total. The van der Waals surface area contributed by atoms with Crippen molar-refractivity contribution in [3.8, 4) is 0 Å². The van der Waals surface area contributed by atoms with Gasteiger partial charge in [-0.05, 0) is 23.4 Å². The Morgan fingerprint density at radius 3 is 2.32 bits per heavy atom. The van der Waals surface area contributed by atoms with Crippen molar-refractivity contribution in [1.82, 2.24) is 0 Å². The van der Waals surface area contributed by atoms with Crippen LogP contribution < -0.4 is 4.90 Å². The van der Waals surface area contributed by atoms with Crippen LogP contribution in [0.3, 0.4) is 0 Å². The lowest BCUT2D eigenvalue weighted by atomic mass is 9.77. The van der Waals surface area contributed by atoms with Gasteiger partial charge in [-0.2, -0.15) is 0 Å². The second-order valence-corrected chi connectivity index (χ2v) is 6.04. The van der Waals surface area contributed by atoms with Crippen LogP contribution >= 0.6 is 0 Å². The van der Waals surface area contributed by atoms with Gasteiger partial charge in [0.25, 0.3) is 0 Å². The second kappa shape index (κ2) is 4.44. The van der Waals surface area contributed by atoms with Crippen molar-refractivity contribution in [3.63, 3.8) is 0 Å². The minimum absolute atomic E-state index is 0.130. The van der Waals surface area contributed by atoms with Gasteiger partial charge in [-0.1, -0.05) is 66.7 Å². The number of hydrogen-bond donors (Lipinski definition) is 0. The number of carbonyl (C=O) groups excluding carboxylic acids is 1. The highest BCUT2D eigenvalue weighted by molar-refractivity contribution is 6.16. The number of benzene rings is 3. The number of carbonyl (C=O) groups is 1. The van der Waals surface area contributed by atoms with Crippen molar-refractivity contribution in [1.29, 1.82) is 0 Å². The van der Waals surface area contributed by atoms with Crippen molar-refractivity contribution < 1.29 is 4.79 Å². The molecule has 2 heteroatoms. The molecule has 1 aliphatic rings. The Labute approximate surface area is 130 Å². The van der Waals surface area contributed by atoms with Gasteiger partial charge < -0.3 is 4.90 Å². The average molecular weight is 287 g/mol. The lowest BCUT2D eigenvalue weighted by Gasteiger charge is -2.23. The Kier molecular flexibility index (Phi) is 2.64. The molecule has 1 unspecified atom stereocenters. The third-order valence-electron chi connectivity index (χ3n) is 4.86. The summed E-state index contributed by atoms with van der Waals surface area (Å²) in [7, 11) is 1.88. The van der Waals surface area contributed by atoms with E-state index in [4.69, 9.17) is 0 Å². The van der Waals surface area contributed by atoms with Crippen molar-refractivity contribution in [2.75, 3.05) is 11.9 Å². The largest absolute Gasteiger partial charge is 0.313 e. The third kappa shape index (κ3) is 1.52. The normalized spacial score (nSPS) is 20.5. The molecular formula is C20H17NO. The number of fused-ring (bicyclic) bond motifs is 3. The van der Waals surface area contributed by atoms with Crippen LogP contribution in [0.25, 0.3) is 10.8 Å². The van der Waals surface area contributed by atoms with E-state index in [0.717, 1.165) is 22.2 Å². The monoisotopic (exact) mass is 287 g/mol. The number of anilines is 1. The van der Waals surface area contributed by atoms with E-state index in [9.17, 15) is 4.79 Å². The Hall–Kier alpha value is -2.61. The number of likely N-dealkylation sites (N-methyl/N-ethyl adjacent to an activating group) is 1. The van der Waals surface area contributed by atoms with Crippen LogP contribution in [0.1, 0.15) is 18.1 Å². The van der Waals surface area contributed by atoms with Crippen molar-refractivity contribution in [3.05, 3.63) is 77.9 Å². The van der Waals surface area contributed by atoms with E-state index in [1.165, 1.54) is 5.39 Å². The molecular weight excluding hydrogens is 270 g/mol. The predicted molar refractivity (Wildman–Crippen MR) is 90.3 cm³/mol. The van der Waals surface area contributed by atoms with Gasteiger partial charge in [0.2, 0.25) is 5.91 Å². The number of nitrogens with zero attached hydrogens (tertiary/aromatic N) is 1. The molecule has 1 heterocycles. The van der Waals surface area contributed by atoms with Gasteiger partial charge >= 0.3 is 0 Å². The van der Waals surface area contributed by atoms with E-state index in [1.807, 2.05) is 61.3 Å². The highest BCUT2D eigenvalue weighted by Crippen LogP contribution is 2.48. The van der Waals surface area contributed by atoms with Crippen molar-refractivity contribution in [2.45, 2.75) is 12.3 Å². The van der Waals surface area contributed by atoms with Crippen LogP contribution in [0.2, 0.25) is 0 Å². The Morgan fingerprint density at radius 1 is 0.864 bits per heavy atom. The van der Waals surface area contributed by atoms with E-state index >= 15 is 0 Å². The summed E-state index contributed by atoms with van der Waals surface area (Å²) >= 11 is 0.